The van der Waals surface area contributed by atoms with Crippen LogP contribution < -0.4 is 10.3 Å². The number of aryl methyl sites for hydroxylation is 1. The van der Waals surface area contributed by atoms with Gasteiger partial charge in [-0.15, -0.1) is 0 Å². The van der Waals surface area contributed by atoms with Crippen molar-refractivity contribution in [3.05, 3.63) is 28.2 Å². The second-order valence-corrected chi connectivity index (χ2v) is 4.26. The fourth-order valence-electron chi connectivity index (χ4n) is 1.77. The number of anilines is 1. The molecule has 0 radical (unpaired) electrons. The number of hydrogen-bond donors (Lipinski definition) is 1. The van der Waals surface area contributed by atoms with Gasteiger partial charge in [0.2, 0.25) is 11.4 Å². The van der Waals surface area contributed by atoms with Crippen LogP contribution in [0.15, 0.2) is 17.2 Å². The number of fused-ring (bicyclic) bond motifs is 1. The van der Waals surface area contributed by atoms with Crippen LogP contribution in [0.2, 0.25) is 0 Å². The summed E-state index contributed by atoms with van der Waals surface area (Å²) in [5.74, 6) is -0.775. The predicted molar refractivity (Wildman–Crippen MR) is 70.8 cm³/mol. The Morgan fingerprint density at radius 1 is 1.47 bits per heavy atom. The third-order valence-corrected chi connectivity index (χ3v) is 2.77. The molecule has 0 fully saturated rings. The highest BCUT2D eigenvalue weighted by Gasteiger charge is 2.16. The Bertz CT molecular complexity index is 706. The average molecular weight is 262 g/mol. The molecule has 2 heterocycles. The molecule has 0 unspecified atom stereocenters. The molecule has 0 aliphatic rings. The Balaban J connectivity index is 2.86. The van der Waals surface area contributed by atoms with Gasteiger partial charge in [-0.2, -0.15) is 4.98 Å². The fourth-order valence-corrected chi connectivity index (χ4v) is 1.77. The molecule has 0 amide bonds. The first-order valence-corrected chi connectivity index (χ1v) is 5.76. The van der Waals surface area contributed by atoms with E-state index < -0.39 is 11.4 Å². The number of hydrogen-bond acceptors (Lipinski definition) is 5. The highest BCUT2D eigenvalue weighted by molar-refractivity contribution is 5.91. The lowest BCUT2D eigenvalue weighted by Crippen LogP contribution is -2.21. The zero-order valence-electron chi connectivity index (χ0n) is 10.9. The van der Waals surface area contributed by atoms with Crippen LogP contribution in [0.4, 0.5) is 5.95 Å². The summed E-state index contributed by atoms with van der Waals surface area (Å²) in [6.45, 7) is 2.37. The van der Waals surface area contributed by atoms with E-state index >= 15 is 0 Å². The van der Waals surface area contributed by atoms with Crippen LogP contribution in [-0.2, 0) is 6.54 Å². The molecular formula is C12H14N4O3. The Kier molecular flexibility index (Phi) is 3.20. The largest absolute Gasteiger partial charge is 0.477 e. The molecule has 7 nitrogen and oxygen atoms in total. The Labute approximate surface area is 109 Å². The summed E-state index contributed by atoms with van der Waals surface area (Å²) in [6.07, 6.45) is 2.69. The number of aromatic carboxylic acids is 1. The van der Waals surface area contributed by atoms with Crippen LogP contribution in [0.3, 0.4) is 0 Å². The Morgan fingerprint density at radius 2 is 2.16 bits per heavy atom. The van der Waals surface area contributed by atoms with Gasteiger partial charge < -0.3 is 14.6 Å². The van der Waals surface area contributed by atoms with Crippen LogP contribution in [-0.4, -0.2) is 39.7 Å². The number of aromatic nitrogens is 3. The van der Waals surface area contributed by atoms with Crippen LogP contribution >= 0.6 is 0 Å². The van der Waals surface area contributed by atoms with Crippen LogP contribution in [0, 0.1) is 0 Å². The molecular weight excluding hydrogens is 248 g/mol. The monoisotopic (exact) mass is 262 g/mol. The van der Waals surface area contributed by atoms with E-state index in [1.807, 2.05) is 6.92 Å². The first-order chi connectivity index (χ1) is 8.95. The molecule has 0 saturated carbocycles. The molecule has 2 rings (SSSR count). The zero-order valence-corrected chi connectivity index (χ0v) is 10.9. The summed E-state index contributed by atoms with van der Waals surface area (Å²) < 4.78 is 1.63. The van der Waals surface area contributed by atoms with Gasteiger partial charge in [0, 0.05) is 33.0 Å². The van der Waals surface area contributed by atoms with Gasteiger partial charge >= 0.3 is 5.97 Å². The van der Waals surface area contributed by atoms with E-state index in [4.69, 9.17) is 5.11 Å². The van der Waals surface area contributed by atoms with Gasteiger partial charge in [-0.3, -0.25) is 4.79 Å². The van der Waals surface area contributed by atoms with Crippen molar-refractivity contribution in [1.29, 1.82) is 0 Å². The summed E-state index contributed by atoms with van der Waals surface area (Å²) in [7, 11) is 3.59. The van der Waals surface area contributed by atoms with Crippen molar-refractivity contribution in [3.63, 3.8) is 0 Å². The van der Waals surface area contributed by atoms with E-state index in [0.29, 0.717) is 18.1 Å². The topological polar surface area (TPSA) is 88.3 Å². The van der Waals surface area contributed by atoms with Crippen molar-refractivity contribution in [2.75, 3.05) is 19.0 Å². The molecule has 0 aliphatic heterocycles. The molecule has 19 heavy (non-hydrogen) atoms. The molecule has 0 saturated heterocycles. The molecule has 2 aromatic rings. The van der Waals surface area contributed by atoms with Gasteiger partial charge in [-0.1, -0.05) is 0 Å². The van der Waals surface area contributed by atoms with Gasteiger partial charge in [0.05, 0.1) is 5.39 Å². The van der Waals surface area contributed by atoms with Crippen LogP contribution in [0.5, 0.6) is 0 Å². The smallest absolute Gasteiger partial charge is 0.341 e. The summed E-state index contributed by atoms with van der Waals surface area (Å²) >= 11 is 0. The van der Waals surface area contributed by atoms with E-state index in [0.717, 1.165) is 0 Å². The highest BCUT2D eigenvalue weighted by Crippen LogP contribution is 2.12. The van der Waals surface area contributed by atoms with E-state index in [1.165, 1.54) is 12.4 Å². The number of rotatable bonds is 3. The van der Waals surface area contributed by atoms with E-state index in [1.54, 1.807) is 23.6 Å². The number of carboxylic acids is 1. The third kappa shape index (κ3) is 2.14. The van der Waals surface area contributed by atoms with Gasteiger partial charge in [0.1, 0.15) is 11.2 Å². The summed E-state index contributed by atoms with van der Waals surface area (Å²) in [4.78, 5) is 33.1. The zero-order chi connectivity index (χ0) is 14.2. The van der Waals surface area contributed by atoms with Crippen molar-refractivity contribution in [2.24, 2.45) is 0 Å². The molecule has 2 aromatic heterocycles. The lowest BCUT2D eigenvalue weighted by Gasteiger charge is -2.13. The van der Waals surface area contributed by atoms with Crippen molar-refractivity contribution >= 4 is 23.0 Å². The van der Waals surface area contributed by atoms with Gasteiger partial charge in [-0.25, -0.2) is 9.78 Å². The summed E-state index contributed by atoms with van der Waals surface area (Å²) in [5.41, 5.74) is -0.385. The van der Waals surface area contributed by atoms with E-state index in [9.17, 15) is 9.59 Å². The van der Waals surface area contributed by atoms with Crippen molar-refractivity contribution in [3.8, 4) is 0 Å². The maximum Gasteiger partial charge on any atom is 0.341 e. The third-order valence-electron chi connectivity index (χ3n) is 2.77. The first kappa shape index (κ1) is 13.0. The summed E-state index contributed by atoms with van der Waals surface area (Å²) in [5, 5.41) is 9.24. The number of carbonyl (C=O) groups is 1. The molecule has 0 aliphatic carbocycles. The number of pyridine rings is 1. The number of carboxylic acid groups (broad SMARTS) is 1. The highest BCUT2D eigenvalue weighted by atomic mass is 16.4. The van der Waals surface area contributed by atoms with Crippen molar-refractivity contribution in [1.82, 2.24) is 14.5 Å². The molecule has 0 aromatic carbocycles. The maximum atomic E-state index is 12.0. The molecule has 0 atom stereocenters. The van der Waals surface area contributed by atoms with E-state index in [2.05, 4.69) is 9.97 Å². The lowest BCUT2D eigenvalue weighted by atomic mass is 10.2. The van der Waals surface area contributed by atoms with Crippen molar-refractivity contribution in [2.45, 2.75) is 13.5 Å². The first-order valence-electron chi connectivity index (χ1n) is 5.76. The molecule has 1 N–H and O–H groups in total. The van der Waals surface area contributed by atoms with Crippen molar-refractivity contribution < 1.29 is 9.90 Å². The molecule has 0 spiro atoms. The predicted octanol–water partition coefficient (Wildman–Crippen LogP) is 0.576. The SMILES string of the molecule is CCn1cc(C(=O)O)c(=O)c2cnc(N(C)C)nc21. The Morgan fingerprint density at radius 3 is 2.68 bits per heavy atom. The minimum absolute atomic E-state index is 0.215. The lowest BCUT2D eigenvalue weighted by molar-refractivity contribution is 0.0695. The molecule has 100 valence electrons. The summed E-state index contributed by atoms with van der Waals surface area (Å²) in [6, 6.07) is 0. The van der Waals surface area contributed by atoms with Gasteiger partial charge in [0.15, 0.2) is 0 Å². The molecule has 7 heteroatoms. The standard InChI is InChI=1S/C12H14N4O3/c1-4-16-6-8(11(18)19)9(17)7-5-13-12(15(2)3)14-10(7)16/h5-6H,4H2,1-3H3,(H,18,19). The minimum atomic E-state index is -1.24. The fraction of sp³-hybridized carbons (Fsp3) is 0.333. The molecule has 0 bridgehead atoms. The van der Waals surface area contributed by atoms with Crippen LogP contribution in [0.25, 0.3) is 11.0 Å². The Hall–Kier alpha value is -2.44. The second kappa shape index (κ2) is 4.68. The normalized spacial score (nSPS) is 10.7. The average Bonchev–Trinajstić information content (AvgIpc) is 2.38. The number of nitrogens with zero attached hydrogens (tertiary/aromatic N) is 4. The second-order valence-electron chi connectivity index (χ2n) is 4.26. The quantitative estimate of drug-likeness (QED) is 0.870. The maximum absolute atomic E-state index is 12.0. The van der Waals surface area contributed by atoms with E-state index in [-0.39, 0.29) is 10.9 Å². The minimum Gasteiger partial charge on any atom is -0.477 e. The van der Waals surface area contributed by atoms with Gasteiger partial charge in [0.25, 0.3) is 0 Å². The van der Waals surface area contributed by atoms with Gasteiger partial charge in [-0.05, 0) is 6.92 Å². The van der Waals surface area contributed by atoms with Crippen LogP contribution in [0.1, 0.15) is 17.3 Å².